The van der Waals surface area contributed by atoms with Crippen LogP contribution in [0.3, 0.4) is 0 Å². The molecule has 33 heavy (non-hydrogen) atoms. The molecule has 0 aromatic carbocycles. The monoisotopic (exact) mass is 520 g/mol. The Kier molecular flexibility index (Phi) is 37.9. The Hall–Kier alpha value is -0.437. The molecular formula is C28H56O4Zn. The van der Waals surface area contributed by atoms with E-state index in [2.05, 4.69) is 13.8 Å². The van der Waals surface area contributed by atoms with Crippen LogP contribution in [0.1, 0.15) is 168 Å². The third-order valence-corrected chi connectivity index (χ3v) is 5.99. The van der Waals surface area contributed by atoms with Crippen LogP contribution >= 0.6 is 0 Å². The number of hydrogen-bond donors (Lipinski definition) is 2. The second kappa shape index (κ2) is 33.7. The summed E-state index contributed by atoms with van der Waals surface area (Å²) in [6, 6.07) is 0. The molecule has 0 fully saturated rings. The summed E-state index contributed by atoms with van der Waals surface area (Å²) in [4.78, 5) is 20.5. The minimum atomic E-state index is -0.657. The zero-order chi connectivity index (χ0) is 24.1. The summed E-state index contributed by atoms with van der Waals surface area (Å²) in [5.41, 5.74) is 0. The first-order valence-electron chi connectivity index (χ1n) is 14.0. The maximum Gasteiger partial charge on any atom is 0.303 e. The summed E-state index contributed by atoms with van der Waals surface area (Å²) in [5, 5.41) is 16.9. The maximum atomic E-state index is 10.3. The van der Waals surface area contributed by atoms with Crippen molar-refractivity contribution in [2.75, 3.05) is 0 Å². The third-order valence-electron chi connectivity index (χ3n) is 5.99. The zero-order valence-electron chi connectivity index (χ0n) is 22.4. The van der Waals surface area contributed by atoms with Gasteiger partial charge in [0.2, 0.25) is 0 Å². The van der Waals surface area contributed by atoms with Gasteiger partial charge in [0.15, 0.2) is 0 Å². The largest absolute Gasteiger partial charge is 0.481 e. The average molecular weight is 522 g/mol. The van der Waals surface area contributed by atoms with Crippen molar-refractivity contribution >= 4 is 11.9 Å². The molecule has 0 aliphatic heterocycles. The first kappa shape index (κ1) is 37.1. The third kappa shape index (κ3) is 42.2. The molecule has 0 rings (SSSR count). The molecule has 0 aromatic rings. The van der Waals surface area contributed by atoms with Crippen molar-refractivity contribution in [2.45, 2.75) is 168 Å². The van der Waals surface area contributed by atoms with Gasteiger partial charge in [0.25, 0.3) is 0 Å². The molecule has 0 aliphatic rings. The summed E-state index contributed by atoms with van der Waals surface area (Å²) in [6.07, 6.45) is 28.7. The predicted octanol–water partition coefficient (Wildman–Crippen LogP) is 9.54. The second-order valence-corrected chi connectivity index (χ2v) is 9.36. The van der Waals surface area contributed by atoms with Gasteiger partial charge in [-0.25, -0.2) is 0 Å². The summed E-state index contributed by atoms with van der Waals surface area (Å²) < 4.78 is 0. The number of carbonyl (C=O) groups is 2. The molecule has 0 saturated heterocycles. The quantitative estimate of drug-likeness (QED) is 0.0978. The molecule has 194 valence electrons. The fourth-order valence-corrected chi connectivity index (χ4v) is 3.88. The average Bonchev–Trinajstić information content (AvgIpc) is 2.76. The molecule has 0 saturated carbocycles. The smallest absolute Gasteiger partial charge is 0.303 e. The molecule has 0 amide bonds. The van der Waals surface area contributed by atoms with Crippen molar-refractivity contribution < 1.29 is 39.3 Å². The van der Waals surface area contributed by atoms with E-state index in [0.717, 1.165) is 25.7 Å². The van der Waals surface area contributed by atoms with Crippen LogP contribution < -0.4 is 0 Å². The molecule has 0 aliphatic carbocycles. The van der Waals surface area contributed by atoms with Crippen molar-refractivity contribution in [3.8, 4) is 0 Å². The summed E-state index contributed by atoms with van der Waals surface area (Å²) >= 11 is 0. The molecule has 5 heteroatoms. The summed E-state index contributed by atoms with van der Waals surface area (Å²) in [6.45, 7) is 4.49. The first-order chi connectivity index (χ1) is 15.5. The summed E-state index contributed by atoms with van der Waals surface area (Å²) in [5.74, 6) is -1.31. The SMILES string of the molecule is CCCCCCCCCCCCCC(=O)O.CCCCCCCCCCCCCC(=O)O.[Zn]. The van der Waals surface area contributed by atoms with Crippen LogP contribution in [0.25, 0.3) is 0 Å². The number of carboxylic acids is 2. The molecule has 0 spiro atoms. The predicted molar refractivity (Wildman–Crippen MR) is 137 cm³/mol. The van der Waals surface area contributed by atoms with Crippen LogP contribution in [0.2, 0.25) is 0 Å². The molecule has 0 atom stereocenters. The molecule has 0 bridgehead atoms. The topological polar surface area (TPSA) is 74.6 Å². The van der Waals surface area contributed by atoms with Crippen molar-refractivity contribution in [2.24, 2.45) is 0 Å². The van der Waals surface area contributed by atoms with Crippen molar-refractivity contribution in [1.29, 1.82) is 0 Å². The Morgan fingerprint density at radius 3 is 0.758 bits per heavy atom. The van der Waals surface area contributed by atoms with E-state index in [4.69, 9.17) is 10.2 Å². The second-order valence-electron chi connectivity index (χ2n) is 9.36. The van der Waals surface area contributed by atoms with E-state index in [9.17, 15) is 9.59 Å². The van der Waals surface area contributed by atoms with Crippen LogP contribution in [-0.2, 0) is 29.1 Å². The van der Waals surface area contributed by atoms with E-state index in [-0.39, 0.29) is 19.5 Å². The summed E-state index contributed by atoms with van der Waals surface area (Å²) in [7, 11) is 0. The fourth-order valence-electron chi connectivity index (χ4n) is 3.88. The van der Waals surface area contributed by atoms with E-state index >= 15 is 0 Å². The normalized spacial score (nSPS) is 10.2. The van der Waals surface area contributed by atoms with Crippen molar-refractivity contribution in [3.05, 3.63) is 0 Å². The Morgan fingerprint density at radius 1 is 0.394 bits per heavy atom. The van der Waals surface area contributed by atoms with Gasteiger partial charge in [-0.1, -0.05) is 142 Å². The number of rotatable bonds is 24. The van der Waals surface area contributed by atoms with Crippen molar-refractivity contribution in [3.63, 3.8) is 0 Å². The van der Waals surface area contributed by atoms with Gasteiger partial charge in [-0.05, 0) is 12.8 Å². The van der Waals surface area contributed by atoms with E-state index in [0.29, 0.717) is 12.8 Å². The van der Waals surface area contributed by atoms with Crippen LogP contribution in [0.5, 0.6) is 0 Å². The van der Waals surface area contributed by atoms with Crippen LogP contribution in [0.4, 0.5) is 0 Å². The van der Waals surface area contributed by atoms with Crippen molar-refractivity contribution in [1.82, 2.24) is 0 Å². The van der Waals surface area contributed by atoms with Gasteiger partial charge in [0.05, 0.1) is 0 Å². The van der Waals surface area contributed by atoms with Crippen LogP contribution in [0.15, 0.2) is 0 Å². The number of unbranched alkanes of at least 4 members (excludes halogenated alkanes) is 20. The van der Waals surface area contributed by atoms with Crippen LogP contribution in [0, 0.1) is 0 Å². The van der Waals surface area contributed by atoms with Gasteiger partial charge >= 0.3 is 11.9 Å². The van der Waals surface area contributed by atoms with Gasteiger partial charge in [-0.15, -0.1) is 0 Å². The van der Waals surface area contributed by atoms with Gasteiger partial charge in [0.1, 0.15) is 0 Å². The van der Waals surface area contributed by atoms with Gasteiger partial charge in [-0.2, -0.15) is 0 Å². The molecule has 0 aromatic heterocycles. The Bertz CT molecular complexity index is 352. The van der Waals surface area contributed by atoms with E-state index in [1.807, 2.05) is 0 Å². The van der Waals surface area contributed by atoms with E-state index in [1.54, 1.807) is 0 Å². The minimum absolute atomic E-state index is 0. The number of carboxylic acid groups (broad SMARTS) is 2. The zero-order valence-corrected chi connectivity index (χ0v) is 25.4. The minimum Gasteiger partial charge on any atom is -0.481 e. The Balaban J connectivity index is -0.000000529. The maximum absolute atomic E-state index is 10.3. The van der Waals surface area contributed by atoms with Crippen LogP contribution in [-0.4, -0.2) is 22.2 Å². The Morgan fingerprint density at radius 2 is 0.576 bits per heavy atom. The molecule has 2 N–H and O–H groups in total. The van der Waals surface area contributed by atoms with E-state index < -0.39 is 11.9 Å². The van der Waals surface area contributed by atoms with E-state index in [1.165, 1.54) is 116 Å². The molecule has 0 unspecified atom stereocenters. The van der Waals surface area contributed by atoms with Gasteiger partial charge in [0, 0.05) is 32.3 Å². The Labute approximate surface area is 218 Å². The van der Waals surface area contributed by atoms with Gasteiger partial charge in [-0.3, -0.25) is 9.59 Å². The standard InChI is InChI=1S/2C14H28O2.Zn/c2*1-2-3-4-5-6-7-8-9-10-11-12-13-14(15)16;/h2*2-13H2,1H3,(H,15,16);. The fraction of sp³-hybridized carbons (Fsp3) is 0.929. The van der Waals surface area contributed by atoms with Gasteiger partial charge < -0.3 is 10.2 Å². The first-order valence-corrected chi connectivity index (χ1v) is 14.0. The number of hydrogen-bond acceptors (Lipinski definition) is 2. The number of aliphatic carboxylic acids is 2. The molecule has 0 heterocycles. The molecule has 4 nitrogen and oxygen atoms in total. The molecule has 0 radical (unpaired) electrons. The molecular weight excluding hydrogens is 466 g/mol.